The maximum Gasteiger partial charge on any atom is 0.254 e. The van der Waals surface area contributed by atoms with Gasteiger partial charge in [0.15, 0.2) is 0 Å². The molecule has 0 N–H and O–H groups in total. The van der Waals surface area contributed by atoms with E-state index in [-0.39, 0.29) is 11.9 Å². The molecule has 1 aliphatic rings. The molecule has 1 amide bonds. The Labute approximate surface area is 157 Å². The van der Waals surface area contributed by atoms with Crippen LogP contribution in [0.25, 0.3) is 11.1 Å². The lowest BCUT2D eigenvalue weighted by atomic mass is 10.0. The van der Waals surface area contributed by atoms with E-state index in [1.165, 1.54) is 0 Å². The molecule has 6 nitrogen and oxygen atoms in total. The Balaban J connectivity index is 1.64. The number of hydrogen-bond donors (Lipinski definition) is 0. The molecule has 2 aromatic heterocycles. The second kappa shape index (κ2) is 7.23. The first kappa shape index (κ1) is 17.3. The second-order valence-electron chi connectivity index (χ2n) is 6.68. The van der Waals surface area contributed by atoms with E-state index in [1.54, 1.807) is 19.5 Å². The minimum atomic E-state index is -0.0333. The van der Waals surface area contributed by atoms with Gasteiger partial charge >= 0.3 is 0 Å². The molecule has 0 spiro atoms. The molecule has 0 aliphatic carbocycles. The van der Waals surface area contributed by atoms with Crippen LogP contribution in [0.2, 0.25) is 0 Å². The van der Waals surface area contributed by atoms with Gasteiger partial charge in [0.25, 0.3) is 5.91 Å². The SMILES string of the molecule is COc1cnccc1-c1cccc(C(=O)N2CCCC2c2cc(C)on2)c1. The quantitative estimate of drug-likeness (QED) is 0.700. The van der Waals surface area contributed by atoms with Gasteiger partial charge in [0.05, 0.1) is 19.3 Å². The Kier molecular flexibility index (Phi) is 4.62. The van der Waals surface area contributed by atoms with E-state index in [0.717, 1.165) is 42.0 Å². The third kappa shape index (κ3) is 3.30. The van der Waals surface area contributed by atoms with Crippen molar-refractivity contribution in [2.75, 3.05) is 13.7 Å². The van der Waals surface area contributed by atoms with Gasteiger partial charge in [-0.2, -0.15) is 0 Å². The molecule has 1 fully saturated rings. The summed E-state index contributed by atoms with van der Waals surface area (Å²) in [5, 5.41) is 4.12. The number of aryl methyl sites for hydroxylation is 1. The minimum Gasteiger partial charge on any atom is -0.494 e. The molecule has 1 saturated heterocycles. The lowest BCUT2D eigenvalue weighted by molar-refractivity contribution is 0.0731. The van der Waals surface area contributed by atoms with Crippen molar-refractivity contribution in [3.8, 4) is 16.9 Å². The highest BCUT2D eigenvalue weighted by atomic mass is 16.5. The summed E-state index contributed by atoms with van der Waals surface area (Å²) >= 11 is 0. The lowest BCUT2D eigenvalue weighted by Crippen LogP contribution is -2.30. The molecule has 4 rings (SSSR count). The smallest absolute Gasteiger partial charge is 0.254 e. The monoisotopic (exact) mass is 363 g/mol. The van der Waals surface area contributed by atoms with Crippen LogP contribution in [0.4, 0.5) is 0 Å². The molecule has 0 saturated carbocycles. The van der Waals surface area contributed by atoms with Crippen LogP contribution in [0.5, 0.6) is 5.75 Å². The third-order valence-corrected chi connectivity index (χ3v) is 4.93. The fourth-order valence-electron chi connectivity index (χ4n) is 3.63. The van der Waals surface area contributed by atoms with E-state index in [4.69, 9.17) is 9.26 Å². The first-order valence-corrected chi connectivity index (χ1v) is 9.00. The van der Waals surface area contributed by atoms with E-state index in [0.29, 0.717) is 11.3 Å². The molecule has 138 valence electrons. The number of ether oxygens (including phenoxy) is 1. The summed E-state index contributed by atoms with van der Waals surface area (Å²) in [7, 11) is 1.62. The summed E-state index contributed by atoms with van der Waals surface area (Å²) in [6, 6.07) is 11.4. The average Bonchev–Trinajstić information content (AvgIpc) is 3.36. The van der Waals surface area contributed by atoms with E-state index >= 15 is 0 Å². The van der Waals surface area contributed by atoms with Gasteiger partial charge in [-0.1, -0.05) is 17.3 Å². The van der Waals surface area contributed by atoms with Crippen LogP contribution in [0.1, 0.15) is 40.7 Å². The molecule has 0 bridgehead atoms. The first-order chi connectivity index (χ1) is 13.2. The maximum atomic E-state index is 13.2. The number of methoxy groups -OCH3 is 1. The number of nitrogens with zero attached hydrogens (tertiary/aromatic N) is 3. The Morgan fingerprint density at radius 3 is 2.96 bits per heavy atom. The normalized spacial score (nSPS) is 16.5. The van der Waals surface area contributed by atoms with Crippen molar-refractivity contribution in [2.45, 2.75) is 25.8 Å². The average molecular weight is 363 g/mol. The van der Waals surface area contributed by atoms with Gasteiger partial charge in [0.2, 0.25) is 0 Å². The Morgan fingerprint density at radius 1 is 1.30 bits per heavy atom. The van der Waals surface area contributed by atoms with Crippen LogP contribution >= 0.6 is 0 Å². The summed E-state index contributed by atoms with van der Waals surface area (Å²) < 4.78 is 10.6. The first-order valence-electron chi connectivity index (χ1n) is 9.00. The number of pyridine rings is 1. The van der Waals surface area contributed by atoms with Crippen LogP contribution in [0.3, 0.4) is 0 Å². The van der Waals surface area contributed by atoms with Gasteiger partial charge in [0.1, 0.15) is 17.2 Å². The van der Waals surface area contributed by atoms with Crippen molar-refractivity contribution in [1.82, 2.24) is 15.0 Å². The van der Waals surface area contributed by atoms with Gasteiger partial charge < -0.3 is 14.2 Å². The molecule has 1 atom stereocenters. The summed E-state index contributed by atoms with van der Waals surface area (Å²) in [6.07, 6.45) is 5.25. The fraction of sp³-hybridized carbons (Fsp3) is 0.286. The van der Waals surface area contributed by atoms with Gasteiger partial charge in [-0.3, -0.25) is 9.78 Å². The van der Waals surface area contributed by atoms with Crippen molar-refractivity contribution in [2.24, 2.45) is 0 Å². The number of aromatic nitrogens is 2. The third-order valence-electron chi connectivity index (χ3n) is 4.93. The highest BCUT2D eigenvalue weighted by Crippen LogP contribution is 2.34. The van der Waals surface area contributed by atoms with E-state index in [2.05, 4.69) is 10.1 Å². The zero-order valence-corrected chi connectivity index (χ0v) is 15.4. The minimum absolute atomic E-state index is 0.00743. The number of hydrogen-bond acceptors (Lipinski definition) is 5. The predicted molar refractivity (Wildman–Crippen MR) is 100 cm³/mol. The number of carbonyl (C=O) groups is 1. The number of carbonyl (C=O) groups excluding carboxylic acids is 1. The summed E-state index contributed by atoms with van der Waals surface area (Å²) in [5.74, 6) is 1.45. The number of benzene rings is 1. The highest BCUT2D eigenvalue weighted by molar-refractivity contribution is 5.96. The summed E-state index contributed by atoms with van der Waals surface area (Å²) in [4.78, 5) is 19.2. The lowest BCUT2D eigenvalue weighted by Gasteiger charge is -2.23. The molecule has 1 unspecified atom stereocenters. The van der Waals surface area contributed by atoms with Gasteiger partial charge in [-0.25, -0.2) is 0 Å². The second-order valence-corrected chi connectivity index (χ2v) is 6.68. The molecular formula is C21H21N3O3. The van der Waals surface area contributed by atoms with Crippen molar-refractivity contribution in [3.63, 3.8) is 0 Å². The Morgan fingerprint density at radius 2 is 2.19 bits per heavy atom. The van der Waals surface area contributed by atoms with Crippen LogP contribution in [0.15, 0.2) is 53.3 Å². The molecule has 1 aromatic carbocycles. The van der Waals surface area contributed by atoms with Crippen LogP contribution in [0, 0.1) is 6.92 Å². The molecule has 6 heteroatoms. The van der Waals surface area contributed by atoms with Crippen LogP contribution in [-0.2, 0) is 0 Å². The Hall–Kier alpha value is -3.15. The van der Waals surface area contributed by atoms with Gasteiger partial charge in [-0.15, -0.1) is 0 Å². The van der Waals surface area contributed by atoms with Crippen molar-refractivity contribution in [1.29, 1.82) is 0 Å². The van der Waals surface area contributed by atoms with Gasteiger partial charge in [0, 0.05) is 29.9 Å². The maximum absolute atomic E-state index is 13.2. The molecule has 3 aromatic rings. The highest BCUT2D eigenvalue weighted by Gasteiger charge is 2.32. The molecule has 0 radical (unpaired) electrons. The van der Waals surface area contributed by atoms with E-state index in [1.807, 2.05) is 48.2 Å². The molecule has 1 aliphatic heterocycles. The van der Waals surface area contributed by atoms with Crippen molar-refractivity contribution >= 4 is 5.91 Å². The largest absolute Gasteiger partial charge is 0.494 e. The number of amides is 1. The zero-order valence-electron chi connectivity index (χ0n) is 15.4. The van der Waals surface area contributed by atoms with E-state index in [9.17, 15) is 4.79 Å². The fourth-order valence-corrected chi connectivity index (χ4v) is 3.63. The predicted octanol–water partition coefficient (Wildman–Crippen LogP) is 4.03. The Bertz CT molecular complexity index is 967. The number of rotatable bonds is 4. The summed E-state index contributed by atoms with van der Waals surface area (Å²) in [5.41, 5.74) is 3.31. The van der Waals surface area contributed by atoms with Crippen molar-refractivity contribution < 1.29 is 14.1 Å². The van der Waals surface area contributed by atoms with Crippen LogP contribution in [-0.4, -0.2) is 34.6 Å². The van der Waals surface area contributed by atoms with Crippen molar-refractivity contribution in [3.05, 3.63) is 65.8 Å². The molecule has 27 heavy (non-hydrogen) atoms. The van der Waals surface area contributed by atoms with Gasteiger partial charge in [-0.05, 0) is 43.5 Å². The standard InChI is InChI=1S/C21H21N3O3/c1-14-11-18(23-27-14)19-7-4-10-24(19)21(25)16-6-3-5-15(12-16)17-8-9-22-13-20(17)26-2/h3,5-6,8-9,11-13,19H,4,7,10H2,1-2H3. The summed E-state index contributed by atoms with van der Waals surface area (Å²) in [6.45, 7) is 2.58. The molecular weight excluding hydrogens is 342 g/mol. The number of likely N-dealkylation sites (tertiary alicyclic amines) is 1. The molecule has 3 heterocycles. The topological polar surface area (TPSA) is 68.5 Å². The zero-order chi connectivity index (χ0) is 18.8. The van der Waals surface area contributed by atoms with E-state index < -0.39 is 0 Å². The van der Waals surface area contributed by atoms with Crippen LogP contribution < -0.4 is 4.74 Å².